The maximum atomic E-state index is 12.9. The van der Waals surface area contributed by atoms with E-state index < -0.39 is 0 Å². The molecule has 0 spiro atoms. The van der Waals surface area contributed by atoms with Crippen molar-refractivity contribution in [3.05, 3.63) is 28.5 Å². The standard InChI is InChI=1S/C11H14BrFN2O2/c12-9-7-8(4-5-10(9)13)17-6-2-1-3-11(14)15-16/h4-5,7,16H,1-3,6H2,(H2,14,15). The molecule has 0 amide bonds. The van der Waals surface area contributed by atoms with Crippen LogP contribution in [0.3, 0.4) is 0 Å². The van der Waals surface area contributed by atoms with E-state index in [9.17, 15) is 4.39 Å². The topological polar surface area (TPSA) is 67.8 Å². The first kappa shape index (κ1) is 13.8. The van der Waals surface area contributed by atoms with Crippen LogP contribution in [0.15, 0.2) is 27.8 Å². The molecule has 1 rings (SSSR count). The molecule has 0 saturated heterocycles. The highest BCUT2D eigenvalue weighted by Crippen LogP contribution is 2.21. The average Bonchev–Trinajstić information content (AvgIpc) is 2.33. The number of halogens is 2. The first-order valence-corrected chi connectivity index (χ1v) is 5.97. The summed E-state index contributed by atoms with van der Waals surface area (Å²) in [4.78, 5) is 0. The van der Waals surface area contributed by atoms with Crippen LogP contribution in [0.4, 0.5) is 4.39 Å². The monoisotopic (exact) mass is 304 g/mol. The van der Waals surface area contributed by atoms with Gasteiger partial charge >= 0.3 is 0 Å². The normalized spacial score (nSPS) is 11.5. The van der Waals surface area contributed by atoms with E-state index in [0.717, 1.165) is 12.8 Å². The highest BCUT2D eigenvalue weighted by atomic mass is 79.9. The first-order chi connectivity index (χ1) is 8.13. The third-order valence-corrected chi connectivity index (χ3v) is 2.72. The number of oxime groups is 1. The lowest BCUT2D eigenvalue weighted by Gasteiger charge is -2.06. The molecular weight excluding hydrogens is 291 g/mol. The smallest absolute Gasteiger partial charge is 0.139 e. The molecule has 0 aliphatic heterocycles. The number of ether oxygens (including phenoxy) is 1. The van der Waals surface area contributed by atoms with Crippen molar-refractivity contribution in [2.24, 2.45) is 10.9 Å². The summed E-state index contributed by atoms with van der Waals surface area (Å²) in [5.41, 5.74) is 5.31. The molecule has 0 saturated carbocycles. The molecule has 0 aromatic heterocycles. The Kier molecular flexibility index (Phi) is 5.76. The van der Waals surface area contributed by atoms with Crippen LogP contribution in [-0.4, -0.2) is 17.6 Å². The van der Waals surface area contributed by atoms with Gasteiger partial charge in [0, 0.05) is 6.42 Å². The highest BCUT2D eigenvalue weighted by molar-refractivity contribution is 9.10. The Balaban J connectivity index is 2.24. The summed E-state index contributed by atoms with van der Waals surface area (Å²) in [6.45, 7) is 0.511. The van der Waals surface area contributed by atoms with Gasteiger partial charge in [0.05, 0.1) is 11.1 Å². The quantitative estimate of drug-likeness (QED) is 0.279. The Morgan fingerprint density at radius 1 is 1.47 bits per heavy atom. The fraction of sp³-hybridized carbons (Fsp3) is 0.364. The van der Waals surface area contributed by atoms with Crippen molar-refractivity contribution in [3.63, 3.8) is 0 Å². The van der Waals surface area contributed by atoms with Crippen molar-refractivity contribution in [2.45, 2.75) is 19.3 Å². The summed E-state index contributed by atoms with van der Waals surface area (Å²) in [5, 5.41) is 11.2. The van der Waals surface area contributed by atoms with E-state index >= 15 is 0 Å². The van der Waals surface area contributed by atoms with Crippen LogP contribution >= 0.6 is 15.9 Å². The summed E-state index contributed by atoms with van der Waals surface area (Å²) in [6, 6.07) is 4.50. The van der Waals surface area contributed by atoms with Gasteiger partial charge in [0.25, 0.3) is 0 Å². The summed E-state index contributed by atoms with van der Waals surface area (Å²) >= 11 is 3.08. The van der Waals surface area contributed by atoms with Crippen LogP contribution in [0, 0.1) is 5.82 Å². The second-order valence-corrected chi connectivity index (χ2v) is 4.33. The van der Waals surface area contributed by atoms with Gasteiger partial charge in [-0.2, -0.15) is 0 Å². The molecule has 3 N–H and O–H groups in total. The molecule has 0 fully saturated rings. The number of hydrogen-bond acceptors (Lipinski definition) is 3. The Labute approximate surface area is 107 Å². The Bertz CT molecular complexity index is 399. The molecule has 1 aromatic carbocycles. The van der Waals surface area contributed by atoms with E-state index in [0.29, 0.717) is 23.2 Å². The number of amidine groups is 1. The highest BCUT2D eigenvalue weighted by Gasteiger charge is 2.01. The van der Waals surface area contributed by atoms with Crippen LogP contribution < -0.4 is 10.5 Å². The molecule has 0 bridgehead atoms. The summed E-state index contributed by atoms with van der Waals surface area (Å²) in [7, 11) is 0. The van der Waals surface area contributed by atoms with Gasteiger partial charge < -0.3 is 15.7 Å². The van der Waals surface area contributed by atoms with E-state index in [1.54, 1.807) is 12.1 Å². The molecule has 4 nitrogen and oxygen atoms in total. The molecule has 1 aromatic rings. The zero-order valence-electron chi connectivity index (χ0n) is 9.20. The van der Waals surface area contributed by atoms with Gasteiger partial charge in [-0.3, -0.25) is 0 Å². The van der Waals surface area contributed by atoms with Crippen LogP contribution in [0.5, 0.6) is 5.75 Å². The third-order valence-electron chi connectivity index (χ3n) is 2.12. The lowest BCUT2D eigenvalue weighted by Crippen LogP contribution is -2.11. The molecule has 17 heavy (non-hydrogen) atoms. The van der Waals surface area contributed by atoms with Crippen molar-refractivity contribution in [3.8, 4) is 5.75 Å². The summed E-state index contributed by atoms with van der Waals surface area (Å²) < 4.78 is 18.7. The van der Waals surface area contributed by atoms with Crippen molar-refractivity contribution < 1.29 is 14.3 Å². The number of nitrogens with two attached hydrogens (primary N) is 1. The fourth-order valence-corrected chi connectivity index (χ4v) is 1.57. The molecule has 0 aliphatic rings. The van der Waals surface area contributed by atoms with Gasteiger partial charge in [-0.25, -0.2) is 4.39 Å². The lowest BCUT2D eigenvalue weighted by atomic mass is 10.2. The number of hydrogen-bond donors (Lipinski definition) is 2. The SMILES string of the molecule is N/C(CCCCOc1ccc(F)c(Br)c1)=N/O. The lowest BCUT2D eigenvalue weighted by molar-refractivity contribution is 0.304. The van der Waals surface area contributed by atoms with E-state index in [1.165, 1.54) is 6.07 Å². The van der Waals surface area contributed by atoms with Crippen LogP contribution in [0.2, 0.25) is 0 Å². The van der Waals surface area contributed by atoms with Gasteiger partial charge in [-0.05, 0) is 47.0 Å². The number of nitrogens with zero attached hydrogens (tertiary/aromatic N) is 1. The van der Waals surface area contributed by atoms with Gasteiger partial charge in [0.15, 0.2) is 0 Å². The number of rotatable bonds is 6. The van der Waals surface area contributed by atoms with E-state index in [-0.39, 0.29) is 11.7 Å². The van der Waals surface area contributed by atoms with Crippen LogP contribution in [0.1, 0.15) is 19.3 Å². The predicted octanol–water partition coefficient (Wildman–Crippen LogP) is 2.88. The second kappa shape index (κ2) is 7.11. The largest absolute Gasteiger partial charge is 0.494 e. The zero-order valence-corrected chi connectivity index (χ0v) is 10.8. The van der Waals surface area contributed by atoms with Gasteiger partial charge in [-0.15, -0.1) is 0 Å². The summed E-state index contributed by atoms with van der Waals surface area (Å²) in [6.07, 6.45) is 2.09. The average molecular weight is 305 g/mol. The van der Waals surface area contributed by atoms with Gasteiger partial charge in [0.2, 0.25) is 0 Å². The molecule has 6 heteroatoms. The fourth-order valence-electron chi connectivity index (χ4n) is 1.21. The molecular formula is C11H14BrFN2O2. The molecule has 94 valence electrons. The van der Waals surface area contributed by atoms with Crippen LogP contribution in [-0.2, 0) is 0 Å². The second-order valence-electron chi connectivity index (χ2n) is 3.47. The molecule has 0 heterocycles. The van der Waals surface area contributed by atoms with Crippen molar-refractivity contribution in [1.82, 2.24) is 0 Å². The van der Waals surface area contributed by atoms with E-state index in [4.69, 9.17) is 15.7 Å². The van der Waals surface area contributed by atoms with E-state index in [1.807, 2.05) is 0 Å². The predicted molar refractivity (Wildman–Crippen MR) is 66.9 cm³/mol. The number of unbranched alkanes of at least 4 members (excludes halogenated alkanes) is 1. The minimum Gasteiger partial charge on any atom is -0.494 e. The summed E-state index contributed by atoms with van der Waals surface area (Å²) in [5.74, 6) is 0.515. The Hall–Kier alpha value is -1.30. The van der Waals surface area contributed by atoms with Crippen molar-refractivity contribution >= 4 is 21.8 Å². The number of benzene rings is 1. The molecule has 0 radical (unpaired) electrons. The minimum atomic E-state index is -0.315. The van der Waals surface area contributed by atoms with Gasteiger partial charge in [-0.1, -0.05) is 5.16 Å². The van der Waals surface area contributed by atoms with Crippen molar-refractivity contribution in [1.29, 1.82) is 0 Å². The molecule has 0 unspecified atom stereocenters. The van der Waals surface area contributed by atoms with E-state index in [2.05, 4.69) is 21.1 Å². The third kappa shape index (κ3) is 5.04. The maximum absolute atomic E-state index is 12.9. The molecule has 0 aliphatic carbocycles. The Morgan fingerprint density at radius 3 is 2.88 bits per heavy atom. The van der Waals surface area contributed by atoms with Crippen LogP contribution in [0.25, 0.3) is 0 Å². The minimum absolute atomic E-state index is 0.217. The van der Waals surface area contributed by atoms with Gasteiger partial charge in [0.1, 0.15) is 17.4 Å². The molecule has 0 atom stereocenters. The van der Waals surface area contributed by atoms with Crippen molar-refractivity contribution in [2.75, 3.05) is 6.61 Å². The maximum Gasteiger partial charge on any atom is 0.139 e. The first-order valence-electron chi connectivity index (χ1n) is 5.17. The Morgan fingerprint density at radius 2 is 2.24 bits per heavy atom. The zero-order chi connectivity index (χ0) is 12.7.